The molecule has 0 aliphatic heterocycles. The highest BCUT2D eigenvalue weighted by Gasteiger charge is 2.22. The van der Waals surface area contributed by atoms with Gasteiger partial charge in [0.05, 0.1) is 5.41 Å². The van der Waals surface area contributed by atoms with Gasteiger partial charge < -0.3 is 4.74 Å². The van der Waals surface area contributed by atoms with Crippen molar-refractivity contribution in [1.82, 2.24) is 0 Å². The molecule has 2 heteroatoms. The van der Waals surface area contributed by atoms with Crippen LogP contribution in [-0.2, 0) is 9.53 Å². The molecule has 0 atom stereocenters. The largest absolute Gasteiger partial charge is 0.461 e. The first-order valence-electron chi connectivity index (χ1n) is 3.26. The Kier molecular flexibility index (Phi) is 5.77. The zero-order valence-corrected chi connectivity index (χ0v) is 6.81. The summed E-state index contributed by atoms with van der Waals surface area (Å²) in [5.41, 5.74) is -0.400. The normalized spacial score (nSPS) is 9.73. The number of rotatable bonds is 2. The predicted octanol–water partition coefficient (Wildman–Crippen LogP) is 2.40. The smallest absolute Gasteiger partial charge is 0.311 e. The summed E-state index contributed by atoms with van der Waals surface area (Å²) >= 11 is 0. The van der Waals surface area contributed by atoms with Crippen LogP contribution in [0.25, 0.3) is 0 Å². The maximum absolute atomic E-state index is 11.0. The van der Waals surface area contributed by atoms with E-state index >= 15 is 0 Å². The Bertz CT molecular complexity index is 131. The third-order valence-corrected chi connectivity index (χ3v) is 0.945. The van der Waals surface area contributed by atoms with Gasteiger partial charge in [0.25, 0.3) is 0 Å². The molecule has 0 aromatic carbocycles. The fourth-order valence-electron chi connectivity index (χ4n) is 0.351. The van der Waals surface area contributed by atoms with Gasteiger partial charge in [0.15, 0.2) is 0 Å². The molecule has 0 bridgehead atoms. The zero-order chi connectivity index (χ0) is 8.20. The minimum absolute atomic E-state index is 0. The van der Waals surface area contributed by atoms with Crippen molar-refractivity contribution in [3.8, 4) is 0 Å². The quantitative estimate of drug-likeness (QED) is 0.455. The lowest BCUT2D eigenvalue weighted by Crippen LogP contribution is -2.22. The van der Waals surface area contributed by atoms with Crippen molar-refractivity contribution < 1.29 is 9.53 Å². The molecule has 0 aliphatic carbocycles. The zero-order valence-electron chi connectivity index (χ0n) is 6.81. The first-order valence-corrected chi connectivity index (χ1v) is 3.26. The molecule has 11 heavy (non-hydrogen) atoms. The van der Waals surface area contributed by atoms with Gasteiger partial charge in [-0.2, -0.15) is 0 Å². The lowest BCUT2D eigenvalue weighted by atomic mass is 9.97. The number of ether oxygens (including phenoxy) is 1. The van der Waals surface area contributed by atoms with Gasteiger partial charge in [0.2, 0.25) is 0 Å². The summed E-state index contributed by atoms with van der Waals surface area (Å²) in [5, 5.41) is 0. The SMILES string of the molecule is C.C=CCOC(=O)C(C)(C)C. The summed E-state index contributed by atoms with van der Waals surface area (Å²) in [4.78, 5) is 11.0. The third-order valence-electron chi connectivity index (χ3n) is 0.945. The molecule has 0 aliphatic rings. The van der Waals surface area contributed by atoms with Crippen molar-refractivity contribution in [2.45, 2.75) is 28.2 Å². The number of esters is 1. The maximum atomic E-state index is 11.0. The highest BCUT2D eigenvalue weighted by atomic mass is 16.5. The van der Waals surface area contributed by atoms with E-state index in [1.54, 1.807) is 6.08 Å². The Morgan fingerprint density at radius 2 is 2.00 bits per heavy atom. The average molecular weight is 158 g/mol. The number of carbonyl (C=O) groups excluding carboxylic acids is 1. The molecular formula is C9H18O2. The summed E-state index contributed by atoms with van der Waals surface area (Å²) in [6, 6.07) is 0. The molecule has 0 rings (SSSR count). The Morgan fingerprint density at radius 1 is 1.55 bits per heavy atom. The van der Waals surface area contributed by atoms with Crippen LogP contribution in [0.5, 0.6) is 0 Å². The van der Waals surface area contributed by atoms with Gasteiger partial charge in [0.1, 0.15) is 6.61 Å². The third kappa shape index (κ3) is 5.64. The maximum Gasteiger partial charge on any atom is 0.311 e. The van der Waals surface area contributed by atoms with E-state index in [0.717, 1.165) is 0 Å². The minimum atomic E-state index is -0.400. The Morgan fingerprint density at radius 3 is 2.27 bits per heavy atom. The van der Waals surface area contributed by atoms with Gasteiger partial charge in [-0.1, -0.05) is 20.1 Å². The van der Waals surface area contributed by atoms with E-state index in [1.165, 1.54) is 0 Å². The molecule has 0 heterocycles. The second-order valence-corrected chi connectivity index (χ2v) is 3.14. The van der Waals surface area contributed by atoms with Crippen LogP contribution < -0.4 is 0 Å². The fourth-order valence-corrected chi connectivity index (χ4v) is 0.351. The molecule has 0 aromatic rings. The van der Waals surface area contributed by atoms with Crippen LogP contribution in [0.4, 0.5) is 0 Å². The van der Waals surface area contributed by atoms with Crippen molar-refractivity contribution in [2.75, 3.05) is 6.61 Å². The lowest BCUT2D eigenvalue weighted by Gasteiger charge is -2.15. The monoisotopic (exact) mass is 158 g/mol. The molecule has 0 fully saturated rings. The van der Waals surface area contributed by atoms with Gasteiger partial charge >= 0.3 is 5.97 Å². The van der Waals surface area contributed by atoms with Crippen molar-refractivity contribution in [3.05, 3.63) is 12.7 Å². The fraction of sp³-hybridized carbons (Fsp3) is 0.667. The van der Waals surface area contributed by atoms with Crippen LogP contribution in [0.3, 0.4) is 0 Å². The lowest BCUT2D eigenvalue weighted by molar-refractivity contribution is -0.151. The Labute approximate surface area is 69.3 Å². The Balaban J connectivity index is 0. The Hall–Kier alpha value is -0.790. The average Bonchev–Trinajstić information content (AvgIpc) is 1.80. The minimum Gasteiger partial charge on any atom is -0.461 e. The van der Waals surface area contributed by atoms with E-state index < -0.39 is 5.41 Å². The molecular weight excluding hydrogens is 140 g/mol. The highest BCUT2D eigenvalue weighted by molar-refractivity contribution is 5.75. The van der Waals surface area contributed by atoms with Gasteiger partial charge in [-0.05, 0) is 20.8 Å². The van der Waals surface area contributed by atoms with Crippen molar-refractivity contribution in [1.29, 1.82) is 0 Å². The van der Waals surface area contributed by atoms with Crippen LogP contribution in [0.2, 0.25) is 0 Å². The van der Waals surface area contributed by atoms with Crippen molar-refractivity contribution >= 4 is 5.97 Å². The van der Waals surface area contributed by atoms with Crippen molar-refractivity contribution in [3.63, 3.8) is 0 Å². The van der Waals surface area contributed by atoms with E-state index in [1.807, 2.05) is 20.8 Å². The van der Waals surface area contributed by atoms with E-state index in [4.69, 9.17) is 4.74 Å². The number of hydrogen-bond donors (Lipinski definition) is 0. The molecule has 0 saturated carbocycles. The van der Waals surface area contributed by atoms with E-state index in [-0.39, 0.29) is 13.4 Å². The molecule has 0 amide bonds. The van der Waals surface area contributed by atoms with Gasteiger partial charge in [0, 0.05) is 0 Å². The molecule has 0 saturated heterocycles. The molecule has 2 nitrogen and oxygen atoms in total. The number of carbonyl (C=O) groups is 1. The van der Waals surface area contributed by atoms with Crippen molar-refractivity contribution in [2.24, 2.45) is 5.41 Å². The number of hydrogen-bond acceptors (Lipinski definition) is 2. The highest BCUT2D eigenvalue weighted by Crippen LogP contribution is 2.14. The van der Waals surface area contributed by atoms with Gasteiger partial charge in [-0.25, -0.2) is 0 Å². The predicted molar refractivity (Wildman–Crippen MR) is 47.3 cm³/mol. The molecule has 66 valence electrons. The molecule has 0 aromatic heterocycles. The van der Waals surface area contributed by atoms with E-state index in [9.17, 15) is 4.79 Å². The molecule has 0 spiro atoms. The molecule has 0 N–H and O–H groups in total. The first kappa shape index (κ1) is 12.8. The summed E-state index contributed by atoms with van der Waals surface area (Å²) in [5.74, 6) is -0.188. The second-order valence-electron chi connectivity index (χ2n) is 3.14. The molecule has 0 radical (unpaired) electrons. The summed E-state index contributed by atoms with van der Waals surface area (Å²) in [7, 11) is 0. The van der Waals surface area contributed by atoms with Crippen LogP contribution in [0.1, 0.15) is 28.2 Å². The van der Waals surface area contributed by atoms with Gasteiger partial charge in [-0.3, -0.25) is 4.79 Å². The second kappa shape index (κ2) is 4.94. The van der Waals surface area contributed by atoms with E-state index in [2.05, 4.69) is 6.58 Å². The summed E-state index contributed by atoms with van der Waals surface area (Å²) in [6.07, 6.45) is 1.56. The van der Waals surface area contributed by atoms with E-state index in [0.29, 0.717) is 6.61 Å². The molecule has 0 unspecified atom stereocenters. The summed E-state index contributed by atoms with van der Waals surface area (Å²) < 4.78 is 4.80. The van der Waals surface area contributed by atoms with Crippen LogP contribution in [0.15, 0.2) is 12.7 Å². The standard InChI is InChI=1S/C8H14O2.CH4/c1-5-6-10-7(9)8(2,3)4;/h5H,1,6H2,2-4H3;1H4. The van der Waals surface area contributed by atoms with Crippen LogP contribution in [0, 0.1) is 5.41 Å². The van der Waals surface area contributed by atoms with Crippen LogP contribution in [-0.4, -0.2) is 12.6 Å². The van der Waals surface area contributed by atoms with Crippen LogP contribution >= 0.6 is 0 Å². The topological polar surface area (TPSA) is 26.3 Å². The summed E-state index contributed by atoms with van der Waals surface area (Å²) in [6.45, 7) is 9.19. The first-order chi connectivity index (χ1) is 4.48. The van der Waals surface area contributed by atoms with Gasteiger partial charge in [-0.15, -0.1) is 0 Å².